The Labute approximate surface area is 92.6 Å². The zero-order valence-electron chi connectivity index (χ0n) is 8.83. The van der Waals surface area contributed by atoms with Crippen LogP contribution >= 0.6 is 0 Å². The molecule has 4 nitrogen and oxygen atoms in total. The molecule has 0 fully saturated rings. The van der Waals surface area contributed by atoms with Crippen molar-refractivity contribution in [3.8, 4) is 5.69 Å². The Morgan fingerprint density at radius 3 is 2.81 bits per heavy atom. The maximum Gasteiger partial charge on any atom is 0.0951 e. The Bertz CT molecular complexity index is 637. The van der Waals surface area contributed by atoms with E-state index in [4.69, 9.17) is 0 Å². The third-order valence-corrected chi connectivity index (χ3v) is 2.49. The Hall–Kier alpha value is -2.23. The Balaban J connectivity index is 2.31. The van der Waals surface area contributed by atoms with Gasteiger partial charge in [0, 0.05) is 11.6 Å². The highest BCUT2D eigenvalue weighted by molar-refractivity contribution is 5.85. The van der Waals surface area contributed by atoms with Crippen LogP contribution in [0.4, 0.5) is 0 Å². The number of benzene rings is 1. The van der Waals surface area contributed by atoms with Gasteiger partial charge in [0.25, 0.3) is 0 Å². The summed E-state index contributed by atoms with van der Waals surface area (Å²) in [4.78, 5) is 0. The summed E-state index contributed by atoms with van der Waals surface area (Å²) in [6, 6.07) is 9.88. The van der Waals surface area contributed by atoms with Crippen molar-refractivity contribution in [1.29, 1.82) is 0 Å². The van der Waals surface area contributed by atoms with Gasteiger partial charge in [-0.25, -0.2) is 4.68 Å². The normalized spacial score (nSPS) is 10.8. The van der Waals surface area contributed by atoms with E-state index in [1.165, 1.54) is 0 Å². The van der Waals surface area contributed by atoms with Crippen molar-refractivity contribution in [2.45, 2.75) is 6.92 Å². The van der Waals surface area contributed by atoms with E-state index >= 15 is 0 Å². The molecular formula is C12H10N4. The fourth-order valence-corrected chi connectivity index (χ4v) is 1.72. The van der Waals surface area contributed by atoms with Crippen LogP contribution in [0.1, 0.15) is 5.69 Å². The van der Waals surface area contributed by atoms with Gasteiger partial charge in [-0.2, -0.15) is 15.3 Å². The molecule has 0 N–H and O–H groups in total. The van der Waals surface area contributed by atoms with Crippen LogP contribution in [0.5, 0.6) is 0 Å². The summed E-state index contributed by atoms with van der Waals surface area (Å²) in [5.41, 5.74) is 2.83. The molecule has 0 saturated heterocycles. The Morgan fingerprint density at radius 1 is 1.12 bits per heavy atom. The summed E-state index contributed by atoms with van der Waals surface area (Å²) in [5.74, 6) is 0. The summed E-state index contributed by atoms with van der Waals surface area (Å²) >= 11 is 0. The Morgan fingerprint density at radius 2 is 2.00 bits per heavy atom. The number of fused-ring (bicyclic) bond motifs is 1. The van der Waals surface area contributed by atoms with Crippen LogP contribution in [0, 0.1) is 6.92 Å². The van der Waals surface area contributed by atoms with Gasteiger partial charge in [-0.1, -0.05) is 18.2 Å². The summed E-state index contributed by atoms with van der Waals surface area (Å²) < 4.78 is 1.83. The minimum absolute atomic E-state index is 0.883. The van der Waals surface area contributed by atoms with Crippen molar-refractivity contribution >= 4 is 10.9 Å². The summed E-state index contributed by atoms with van der Waals surface area (Å²) in [6.07, 6.45) is 3.66. The van der Waals surface area contributed by atoms with E-state index in [1.54, 1.807) is 6.20 Å². The molecule has 4 heteroatoms. The number of hydrogen-bond donors (Lipinski definition) is 0. The maximum absolute atomic E-state index is 4.38. The molecular weight excluding hydrogens is 200 g/mol. The number of aryl methyl sites for hydroxylation is 1. The van der Waals surface area contributed by atoms with Crippen LogP contribution in [0.25, 0.3) is 16.6 Å². The lowest BCUT2D eigenvalue weighted by Crippen LogP contribution is -1.98. The smallest absolute Gasteiger partial charge is 0.0951 e. The summed E-state index contributed by atoms with van der Waals surface area (Å²) in [6.45, 7) is 1.97. The molecule has 2 aromatic heterocycles. The Kier molecular flexibility index (Phi) is 1.93. The highest BCUT2D eigenvalue weighted by atomic mass is 15.3. The number of aromatic nitrogens is 4. The molecule has 0 amide bonds. The third kappa shape index (κ3) is 1.35. The van der Waals surface area contributed by atoms with Crippen LogP contribution < -0.4 is 0 Å². The average Bonchev–Trinajstić information content (AvgIpc) is 2.75. The first-order chi connectivity index (χ1) is 7.84. The number of nitrogens with zero attached hydrogens (tertiary/aromatic N) is 4. The molecule has 0 aliphatic heterocycles. The molecule has 0 aliphatic carbocycles. The first-order valence-corrected chi connectivity index (χ1v) is 5.08. The molecule has 3 rings (SSSR count). The molecule has 0 atom stereocenters. The van der Waals surface area contributed by atoms with Crippen LogP contribution in [0.2, 0.25) is 0 Å². The number of hydrogen-bond acceptors (Lipinski definition) is 3. The molecule has 0 spiro atoms. The van der Waals surface area contributed by atoms with Crippen molar-refractivity contribution in [3.63, 3.8) is 0 Å². The van der Waals surface area contributed by atoms with Gasteiger partial charge >= 0.3 is 0 Å². The van der Waals surface area contributed by atoms with E-state index in [-0.39, 0.29) is 0 Å². The quantitative estimate of drug-likeness (QED) is 0.618. The minimum Gasteiger partial charge on any atom is -0.238 e. The van der Waals surface area contributed by atoms with Crippen molar-refractivity contribution in [2.24, 2.45) is 0 Å². The van der Waals surface area contributed by atoms with Crippen molar-refractivity contribution in [3.05, 3.63) is 48.4 Å². The van der Waals surface area contributed by atoms with E-state index in [1.807, 2.05) is 48.1 Å². The number of rotatable bonds is 1. The molecule has 0 aliphatic rings. The minimum atomic E-state index is 0.883. The lowest BCUT2D eigenvalue weighted by Gasteiger charge is -2.04. The highest BCUT2D eigenvalue weighted by Crippen LogP contribution is 2.18. The van der Waals surface area contributed by atoms with Crippen molar-refractivity contribution in [2.75, 3.05) is 0 Å². The van der Waals surface area contributed by atoms with Crippen LogP contribution in [0.3, 0.4) is 0 Å². The van der Waals surface area contributed by atoms with Gasteiger partial charge in [0.05, 0.1) is 23.1 Å². The van der Waals surface area contributed by atoms with E-state index in [9.17, 15) is 0 Å². The fraction of sp³-hybridized carbons (Fsp3) is 0.0833. The van der Waals surface area contributed by atoms with Crippen LogP contribution in [-0.4, -0.2) is 20.0 Å². The van der Waals surface area contributed by atoms with Gasteiger partial charge in [0.1, 0.15) is 0 Å². The first kappa shape index (κ1) is 9.03. The van der Waals surface area contributed by atoms with Gasteiger partial charge in [0.15, 0.2) is 0 Å². The van der Waals surface area contributed by atoms with E-state index in [0.29, 0.717) is 0 Å². The first-order valence-electron chi connectivity index (χ1n) is 5.08. The second-order valence-corrected chi connectivity index (χ2v) is 3.65. The van der Waals surface area contributed by atoms with E-state index < -0.39 is 0 Å². The predicted molar refractivity (Wildman–Crippen MR) is 61.4 cm³/mol. The average molecular weight is 210 g/mol. The summed E-state index contributed by atoms with van der Waals surface area (Å²) in [7, 11) is 0. The van der Waals surface area contributed by atoms with Gasteiger partial charge in [-0.05, 0) is 19.1 Å². The maximum atomic E-state index is 4.38. The topological polar surface area (TPSA) is 43.6 Å². The molecule has 0 bridgehead atoms. The van der Waals surface area contributed by atoms with E-state index in [2.05, 4.69) is 15.3 Å². The molecule has 3 aromatic rings. The zero-order chi connectivity index (χ0) is 11.0. The standard InChI is InChI=1S/C12H10N4/c1-9-6-7-16(15-9)12-8-13-14-11-5-3-2-4-10(11)12/h2-8H,1H3. The lowest BCUT2D eigenvalue weighted by atomic mass is 10.2. The van der Waals surface area contributed by atoms with Gasteiger partial charge in [-0.3, -0.25) is 0 Å². The highest BCUT2D eigenvalue weighted by Gasteiger charge is 2.04. The molecule has 0 radical (unpaired) electrons. The molecule has 1 aromatic carbocycles. The zero-order valence-corrected chi connectivity index (χ0v) is 8.83. The van der Waals surface area contributed by atoms with Gasteiger partial charge < -0.3 is 0 Å². The second-order valence-electron chi connectivity index (χ2n) is 3.65. The third-order valence-electron chi connectivity index (χ3n) is 2.49. The lowest BCUT2D eigenvalue weighted by molar-refractivity contribution is 0.857. The fourth-order valence-electron chi connectivity index (χ4n) is 1.72. The van der Waals surface area contributed by atoms with E-state index in [0.717, 1.165) is 22.3 Å². The molecule has 0 unspecified atom stereocenters. The van der Waals surface area contributed by atoms with Crippen molar-refractivity contribution in [1.82, 2.24) is 20.0 Å². The van der Waals surface area contributed by atoms with Crippen LogP contribution in [0.15, 0.2) is 42.7 Å². The summed E-state index contributed by atoms with van der Waals surface area (Å²) in [5, 5.41) is 13.5. The second kappa shape index (κ2) is 3.41. The van der Waals surface area contributed by atoms with Crippen LogP contribution in [-0.2, 0) is 0 Å². The monoisotopic (exact) mass is 210 g/mol. The molecule has 2 heterocycles. The van der Waals surface area contributed by atoms with Crippen molar-refractivity contribution < 1.29 is 0 Å². The SMILES string of the molecule is Cc1ccn(-c2cnnc3ccccc23)n1. The molecule has 78 valence electrons. The molecule has 16 heavy (non-hydrogen) atoms. The largest absolute Gasteiger partial charge is 0.238 e. The molecule has 0 saturated carbocycles. The predicted octanol–water partition coefficient (Wildman–Crippen LogP) is 2.12. The van der Waals surface area contributed by atoms with Gasteiger partial charge in [-0.15, -0.1) is 0 Å². The van der Waals surface area contributed by atoms with Gasteiger partial charge in [0.2, 0.25) is 0 Å².